The fourth-order valence-electron chi connectivity index (χ4n) is 4.39. The summed E-state index contributed by atoms with van der Waals surface area (Å²) in [7, 11) is -2.66. The Morgan fingerprint density at radius 1 is 1.08 bits per heavy atom. The number of nitrogens with zero attached hydrogens (tertiary/aromatic N) is 2. The Morgan fingerprint density at radius 3 is 2.38 bits per heavy atom. The molecule has 4 rings (SSSR count). The van der Waals surface area contributed by atoms with Gasteiger partial charge in [-0.15, -0.1) is 0 Å². The molecule has 2 aromatic carbocycles. The zero-order valence-electron chi connectivity index (χ0n) is 20.0. The van der Waals surface area contributed by atoms with Gasteiger partial charge < -0.3 is 10.1 Å². The van der Waals surface area contributed by atoms with Crippen molar-refractivity contribution in [1.82, 2.24) is 14.5 Å². The van der Waals surface area contributed by atoms with Crippen molar-refractivity contribution in [3.8, 4) is 11.4 Å². The molecule has 1 aromatic heterocycles. The number of hydrogen-bond donors (Lipinski definition) is 3. The van der Waals surface area contributed by atoms with E-state index in [0.717, 1.165) is 9.13 Å². The zero-order valence-corrected chi connectivity index (χ0v) is 20.9. The van der Waals surface area contributed by atoms with Gasteiger partial charge in [0.2, 0.25) is 0 Å². The Balaban J connectivity index is 1.77. The lowest BCUT2D eigenvalue weighted by atomic mass is 9.94. The summed E-state index contributed by atoms with van der Waals surface area (Å²) in [4.78, 5) is 26.4. The predicted octanol–water partition coefficient (Wildman–Crippen LogP) is 5.25. The molecule has 1 atom stereocenters. The number of amides is 1. The largest absolute Gasteiger partial charge is 0.435 e. The molecule has 3 aromatic rings. The number of hydrogen-bond acceptors (Lipinski definition) is 5. The first-order chi connectivity index (χ1) is 17.3. The predicted molar refractivity (Wildman–Crippen MR) is 133 cm³/mol. The summed E-state index contributed by atoms with van der Waals surface area (Å²) >= 11 is 0. The number of benzene rings is 2. The van der Waals surface area contributed by atoms with E-state index in [4.69, 9.17) is 0 Å². The van der Waals surface area contributed by atoms with Crippen molar-refractivity contribution in [3.05, 3.63) is 58.5 Å². The Kier molecular flexibility index (Phi) is 7.32. The van der Waals surface area contributed by atoms with Crippen LogP contribution < -0.4 is 15.7 Å². The molecule has 0 bridgehead atoms. The standard InChI is InChI=1S/C24H27F4N3O5S/c1-14(20(25)26)30-19-12-15(21(32)29-24(2)8-10-37(34,35)11-9-24)6-7-18(19)31(23(30)33)16-4-3-5-17(13-16)36-22(27)28/h3-7,12-14,20,22,34-35H,8-11H2,1-2H3,(H,29,32). The normalized spacial score (nSPS) is 18.6. The van der Waals surface area contributed by atoms with Crippen LogP contribution in [-0.2, 0) is 0 Å². The number of carbonyl (C=O) groups excluding carboxylic acids is 1. The van der Waals surface area contributed by atoms with Crippen LogP contribution in [0.3, 0.4) is 0 Å². The van der Waals surface area contributed by atoms with E-state index in [0.29, 0.717) is 12.8 Å². The smallest absolute Gasteiger partial charge is 0.387 e. The summed E-state index contributed by atoms with van der Waals surface area (Å²) < 4.78 is 79.0. The average Bonchev–Trinajstić information content (AvgIpc) is 3.11. The number of rotatable bonds is 7. The summed E-state index contributed by atoms with van der Waals surface area (Å²) in [6.07, 6.45) is -2.20. The minimum atomic E-state index is -3.09. The van der Waals surface area contributed by atoms with Gasteiger partial charge in [-0.2, -0.15) is 19.4 Å². The van der Waals surface area contributed by atoms with Crippen molar-refractivity contribution in [2.24, 2.45) is 0 Å². The molecule has 2 heterocycles. The van der Waals surface area contributed by atoms with E-state index >= 15 is 0 Å². The second kappa shape index (κ2) is 10.0. The van der Waals surface area contributed by atoms with Gasteiger partial charge in [0, 0.05) is 28.7 Å². The van der Waals surface area contributed by atoms with Crippen LogP contribution in [0.2, 0.25) is 0 Å². The first-order valence-corrected chi connectivity index (χ1v) is 13.4. The summed E-state index contributed by atoms with van der Waals surface area (Å²) in [6, 6.07) is 7.96. The molecular weight excluding hydrogens is 518 g/mol. The van der Waals surface area contributed by atoms with Crippen molar-refractivity contribution in [2.75, 3.05) is 11.5 Å². The summed E-state index contributed by atoms with van der Waals surface area (Å²) in [5, 5.41) is 2.89. The highest BCUT2D eigenvalue weighted by Gasteiger charge is 2.35. The van der Waals surface area contributed by atoms with E-state index in [9.17, 15) is 36.3 Å². The summed E-state index contributed by atoms with van der Waals surface area (Å²) in [5.41, 5.74) is -1.03. The molecule has 0 aliphatic carbocycles. The number of ether oxygens (including phenoxy) is 1. The molecule has 1 amide bonds. The second-order valence-corrected chi connectivity index (χ2v) is 11.8. The minimum absolute atomic E-state index is 0.0635. The number of aromatic nitrogens is 2. The third-order valence-electron chi connectivity index (χ3n) is 6.59. The number of halogens is 4. The molecule has 1 unspecified atom stereocenters. The van der Waals surface area contributed by atoms with Crippen LogP contribution in [0.25, 0.3) is 16.7 Å². The van der Waals surface area contributed by atoms with Gasteiger partial charge >= 0.3 is 12.3 Å². The van der Waals surface area contributed by atoms with E-state index in [-0.39, 0.29) is 39.5 Å². The Bertz CT molecular complexity index is 1360. The average molecular weight is 546 g/mol. The first kappa shape index (κ1) is 27.0. The van der Waals surface area contributed by atoms with Crippen molar-refractivity contribution >= 4 is 27.5 Å². The third kappa shape index (κ3) is 5.63. The highest BCUT2D eigenvalue weighted by molar-refractivity contribution is 8.24. The van der Waals surface area contributed by atoms with Crippen molar-refractivity contribution in [2.45, 2.75) is 51.3 Å². The molecule has 13 heteroatoms. The third-order valence-corrected chi connectivity index (χ3v) is 8.30. The van der Waals surface area contributed by atoms with Crippen LogP contribution in [0.5, 0.6) is 5.75 Å². The SMILES string of the molecule is CC(C(F)F)n1c(=O)n(-c2cccc(OC(F)F)c2)c2ccc(C(=O)NC3(C)CCS(O)(O)CC3)cc21. The molecule has 37 heavy (non-hydrogen) atoms. The number of fused-ring (bicyclic) bond motifs is 1. The van der Waals surface area contributed by atoms with Gasteiger partial charge in [0.1, 0.15) is 5.75 Å². The second-order valence-electron chi connectivity index (χ2n) is 9.37. The molecule has 1 aliphatic rings. The molecule has 1 aliphatic heterocycles. The van der Waals surface area contributed by atoms with Crippen LogP contribution in [0, 0.1) is 0 Å². The van der Waals surface area contributed by atoms with Crippen LogP contribution in [0.15, 0.2) is 47.3 Å². The van der Waals surface area contributed by atoms with Gasteiger partial charge in [0.05, 0.1) is 22.8 Å². The molecule has 8 nitrogen and oxygen atoms in total. The maximum Gasteiger partial charge on any atom is 0.387 e. The molecule has 1 saturated heterocycles. The Labute approximate surface area is 211 Å². The van der Waals surface area contributed by atoms with E-state index in [1.807, 2.05) is 0 Å². The fourth-order valence-corrected chi connectivity index (χ4v) is 6.15. The lowest BCUT2D eigenvalue weighted by Gasteiger charge is -2.44. The molecule has 0 saturated carbocycles. The van der Waals surface area contributed by atoms with Crippen LogP contribution in [-0.4, -0.2) is 54.2 Å². The molecule has 202 valence electrons. The highest BCUT2D eigenvalue weighted by atomic mass is 32.3. The van der Waals surface area contributed by atoms with Crippen molar-refractivity contribution in [1.29, 1.82) is 0 Å². The van der Waals surface area contributed by atoms with Crippen LogP contribution in [0.4, 0.5) is 17.6 Å². The van der Waals surface area contributed by atoms with E-state index in [1.165, 1.54) is 49.4 Å². The van der Waals surface area contributed by atoms with Gasteiger partial charge in [0.15, 0.2) is 0 Å². The van der Waals surface area contributed by atoms with Gasteiger partial charge in [-0.05, 0) is 57.0 Å². The van der Waals surface area contributed by atoms with Crippen molar-refractivity contribution in [3.63, 3.8) is 0 Å². The molecular formula is C24H27F4N3O5S. The minimum Gasteiger partial charge on any atom is -0.435 e. The van der Waals surface area contributed by atoms with E-state index in [1.54, 1.807) is 6.92 Å². The van der Waals surface area contributed by atoms with Gasteiger partial charge in [0.25, 0.3) is 12.3 Å². The topological polar surface area (TPSA) is 106 Å². The van der Waals surface area contributed by atoms with Gasteiger partial charge in [-0.3, -0.25) is 23.0 Å². The molecule has 0 radical (unpaired) electrons. The summed E-state index contributed by atoms with van der Waals surface area (Å²) in [5.74, 6) is -0.404. The number of imidazole rings is 1. The van der Waals surface area contributed by atoms with E-state index < -0.39 is 46.8 Å². The number of nitrogens with one attached hydrogen (secondary N) is 1. The van der Waals surface area contributed by atoms with Crippen LogP contribution >= 0.6 is 10.6 Å². The van der Waals surface area contributed by atoms with Crippen molar-refractivity contribution < 1.29 is 36.2 Å². The lowest BCUT2D eigenvalue weighted by molar-refractivity contribution is -0.0498. The zero-order chi connectivity index (χ0) is 27.1. The monoisotopic (exact) mass is 545 g/mol. The fraction of sp³-hybridized carbons (Fsp3) is 0.417. The molecule has 0 spiro atoms. The molecule has 1 fully saturated rings. The Morgan fingerprint density at radius 2 is 1.76 bits per heavy atom. The number of carbonyl (C=O) groups is 1. The van der Waals surface area contributed by atoms with Gasteiger partial charge in [-0.1, -0.05) is 6.07 Å². The summed E-state index contributed by atoms with van der Waals surface area (Å²) in [6.45, 7) is -0.134. The quantitative estimate of drug-likeness (QED) is 0.352. The first-order valence-electron chi connectivity index (χ1n) is 11.5. The molecule has 3 N–H and O–H groups in total. The van der Waals surface area contributed by atoms with E-state index in [2.05, 4.69) is 10.1 Å². The maximum atomic E-state index is 13.7. The number of alkyl halides is 4. The lowest BCUT2D eigenvalue weighted by Crippen LogP contribution is -2.50. The van der Waals surface area contributed by atoms with Gasteiger partial charge in [-0.25, -0.2) is 13.6 Å². The highest BCUT2D eigenvalue weighted by Crippen LogP contribution is 2.46. The maximum absolute atomic E-state index is 13.7. The Hall–Kier alpha value is -3.03. The van der Waals surface area contributed by atoms with Crippen LogP contribution in [0.1, 0.15) is 43.1 Å².